The lowest BCUT2D eigenvalue weighted by atomic mass is 10.1. The van der Waals surface area contributed by atoms with Crippen LogP contribution in [0.5, 0.6) is 0 Å². The number of aromatic nitrogens is 3. The van der Waals surface area contributed by atoms with Crippen molar-refractivity contribution in [3.63, 3.8) is 0 Å². The molecule has 0 aliphatic rings. The van der Waals surface area contributed by atoms with Gasteiger partial charge in [-0.15, -0.1) is 5.10 Å². The Morgan fingerprint density at radius 3 is 2.55 bits per heavy atom. The van der Waals surface area contributed by atoms with E-state index in [2.05, 4.69) is 10.3 Å². The highest BCUT2D eigenvalue weighted by molar-refractivity contribution is 5.74. The minimum absolute atomic E-state index is 0.225. The number of nitro groups is 1. The van der Waals surface area contributed by atoms with Crippen LogP contribution in [0, 0.1) is 10.1 Å². The lowest BCUT2D eigenvalue weighted by molar-refractivity contribution is -0.484. The molecule has 0 fully saturated rings. The average molecular weight is 268 g/mol. The number of rotatable bonds is 4. The molecule has 20 heavy (non-hydrogen) atoms. The van der Waals surface area contributed by atoms with Crippen LogP contribution in [-0.2, 0) is 0 Å². The normalized spacial score (nSPS) is 12.4. The number of nitrogens with zero attached hydrogens (tertiary/aromatic N) is 4. The summed E-state index contributed by atoms with van der Waals surface area (Å²) in [5.41, 5.74) is 2.37. The second-order valence-electron chi connectivity index (χ2n) is 4.46. The zero-order valence-electron chi connectivity index (χ0n) is 10.6. The summed E-state index contributed by atoms with van der Waals surface area (Å²) in [5, 5.41) is 19.1. The molecule has 0 aliphatic heterocycles. The van der Waals surface area contributed by atoms with Crippen LogP contribution in [0.3, 0.4) is 0 Å². The van der Waals surface area contributed by atoms with Gasteiger partial charge >= 0.3 is 0 Å². The van der Waals surface area contributed by atoms with Crippen molar-refractivity contribution >= 4 is 11.0 Å². The number of hydrogen-bond donors (Lipinski definition) is 0. The Balaban J connectivity index is 2.12. The largest absolute Gasteiger partial charge is 0.264 e. The lowest BCUT2D eigenvalue weighted by Gasteiger charge is -2.14. The van der Waals surface area contributed by atoms with Crippen molar-refractivity contribution in [1.29, 1.82) is 0 Å². The van der Waals surface area contributed by atoms with Crippen LogP contribution in [0.15, 0.2) is 54.6 Å². The minimum Gasteiger partial charge on any atom is -0.264 e. The predicted octanol–water partition coefficient (Wildman–Crippen LogP) is 2.30. The summed E-state index contributed by atoms with van der Waals surface area (Å²) >= 11 is 0. The third kappa shape index (κ3) is 2.23. The van der Waals surface area contributed by atoms with Gasteiger partial charge in [0, 0.05) is 4.92 Å². The molecule has 0 bridgehead atoms. The zero-order chi connectivity index (χ0) is 13.9. The van der Waals surface area contributed by atoms with Crippen LogP contribution in [-0.4, -0.2) is 26.5 Å². The van der Waals surface area contributed by atoms with E-state index in [-0.39, 0.29) is 11.5 Å². The third-order valence-electron chi connectivity index (χ3n) is 3.18. The van der Waals surface area contributed by atoms with Crippen molar-refractivity contribution in [2.75, 3.05) is 6.54 Å². The summed E-state index contributed by atoms with van der Waals surface area (Å²) in [6, 6.07) is 16.3. The van der Waals surface area contributed by atoms with E-state index >= 15 is 0 Å². The summed E-state index contributed by atoms with van der Waals surface area (Å²) in [5.74, 6) is 0. The average Bonchev–Trinajstić information content (AvgIpc) is 2.89. The van der Waals surface area contributed by atoms with Crippen LogP contribution in [0.4, 0.5) is 0 Å². The fourth-order valence-electron chi connectivity index (χ4n) is 2.26. The van der Waals surface area contributed by atoms with E-state index in [4.69, 9.17) is 0 Å². The summed E-state index contributed by atoms with van der Waals surface area (Å²) in [4.78, 5) is 10.6. The highest BCUT2D eigenvalue weighted by Crippen LogP contribution is 2.22. The molecule has 3 rings (SSSR count). The van der Waals surface area contributed by atoms with Gasteiger partial charge in [0.2, 0.25) is 6.54 Å². The first-order chi connectivity index (χ1) is 9.75. The Bertz CT molecular complexity index is 739. The number of hydrogen-bond acceptors (Lipinski definition) is 4. The van der Waals surface area contributed by atoms with Gasteiger partial charge < -0.3 is 0 Å². The molecule has 6 nitrogen and oxygen atoms in total. The monoisotopic (exact) mass is 268 g/mol. The molecule has 1 heterocycles. The molecular formula is C14H12N4O2. The molecule has 1 aromatic heterocycles. The van der Waals surface area contributed by atoms with Crippen molar-refractivity contribution in [3.8, 4) is 0 Å². The van der Waals surface area contributed by atoms with E-state index in [1.165, 1.54) is 0 Å². The van der Waals surface area contributed by atoms with E-state index in [9.17, 15) is 10.1 Å². The predicted molar refractivity (Wildman–Crippen MR) is 74.0 cm³/mol. The molecule has 1 atom stereocenters. The quantitative estimate of drug-likeness (QED) is 0.537. The van der Waals surface area contributed by atoms with Crippen LogP contribution in [0.2, 0.25) is 0 Å². The Labute approximate surface area is 114 Å². The van der Waals surface area contributed by atoms with Gasteiger partial charge in [0.15, 0.2) is 0 Å². The molecule has 0 amide bonds. The van der Waals surface area contributed by atoms with Gasteiger partial charge in [-0.2, -0.15) is 0 Å². The fraction of sp³-hybridized carbons (Fsp3) is 0.143. The number of benzene rings is 2. The van der Waals surface area contributed by atoms with Gasteiger partial charge in [-0.25, -0.2) is 4.68 Å². The highest BCUT2D eigenvalue weighted by atomic mass is 16.6. The SMILES string of the molecule is O=[N+]([O-])C[C@H](c1ccccc1)n1nnc2ccccc21. The van der Waals surface area contributed by atoms with E-state index in [0.29, 0.717) is 0 Å². The second-order valence-corrected chi connectivity index (χ2v) is 4.46. The van der Waals surface area contributed by atoms with Crippen molar-refractivity contribution in [2.24, 2.45) is 0 Å². The van der Waals surface area contributed by atoms with Crippen LogP contribution < -0.4 is 0 Å². The molecule has 0 saturated heterocycles. The first-order valence-electron chi connectivity index (χ1n) is 6.22. The van der Waals surface area contributed by atoms with Crippen LogP contribution in [0.1, 0.15) is 11.6 Å². The van der Waals surface area contributed by atoms with E-state index in [1.54, 1.807) is 4.68 Å². The third-order valence-corrected chi connectivity index (χ3v) is 3.18. The van der Waals surface area contributed by atoms with Crippen molar-refractivity contribution in [1.82, 2.24) is 15.0 Å². The van der Waals surface area contributed by atoms with E-state index < -0.39 is 6.04 Å². The molecule has 0 spiro atoms. The van der Waals surface area contributed by atoms with Gasteiger partial charge in [-0.1, -0.05) is 47.7 Å². The first kappa shape index (κ1) is 12.3. The van der Waals surface area contributed by atoms with Gasteiger partial charge in [0.25, 0.3) is 0 Å². The topological polar surface area (TPSA) is 73.8 Å². The molecule has 0 N–H and O–H groups in total. The summed E-state index contributed by atoms with van der Waals surface area (Å²) in [6.07, 6.45) is 0. The van der Waals surface area contributed by atoms with Crippen molar-refractivity contribution in [3.05, 3.63) is 70.3 Å². The Hall–Kier alpha value is -2.76. The summed E-state index contributed by atoms with van der Waals surface area (Å²) in [7, 11) is 0. The minimum atomic E-state index is -0.460. The van der Waals surface area contributed by atoms with Crippen LogP contribution >= 0.6 is 0 Å². The maximum Gasteiger partial charge on any atom is 0.230 e. The zero-order valence-corrected chi connectivity index (χ0v) is 10.6. The van der Waals surface area contributed by atoms with Gasteiger partial charge in [0.05, 0.1) is 5.52 Å². The first-order valence-corrected chi connectivity index (χ1v) is 6.22. The molecule has 6 heteroatoms. The molecule has 0 unspecified atom stereocenters. The number of fused-ring (bicyclic) bond motifs is 1. The molecule has 0 radical (unpaired) electrons. The Morgan fingerprint density at radius 2 is 1.80 bits per heavy atom. The van der Waals surface area contributed by atoms with Crippen LogP contribution in [0.25, 0.3) is 11.0 Å². The molecule has 2 aromatic carbocycles. The fourth-order valence-corrected chi connectivity index (χ4v) is 2.26. The number of para-hydroxylation sites is 1. The van der Waals surface area contributed by atoms with Gasteiger partial charge in [-0.05, 0) is 17.7 Å². The maximum absolute atomic E-state index is 11.0. The molecule has 0 aliphatic carbocycles. The molecule has 0 saturated carbocycles. The van der Waals surface area contributed by atoms with E-state index in [1.807, 2.05) is 54.6 Å². The highest BCUT2D eigenvalue weighted by Gasteiger charge is 2.22. The summed E-state index contributed by atoms with van der Waals surface area (Å²) in [6.45, 7) is -0.225. The Morgan fingerprint density at radius 1 is 1.10 bits per heavy atom. The van der Waals surface area contributed by atoms with Crippen molar-refractivity contribution < 1.29 is 4.92 Å². The Kier molecular flexibility index (Phi) is 3.12. The van der Waals surface area contributed by atoms with Crippen molar-refractivity contribution in [2.45, 2.75) is 6.04 Å². The smallest absolute Gasteiger partial charge is 0.230 e. The second kappa shape index (κ2) is 5.08. The van der Waals surface area contributed by atoms with Gasteiger partial charge in [0.1, 0.15) is 11.6 Å². The standard InChI is InChI=1S/C14H12N4O2/c19-17(20)10-14(11-6-2-1-3-7-11)18-13-9-5-4-8-12(13)15-16-18/h1-9,14H,10H2/t14-/m1/s1. The molecule has 100 valence electrons. The maximum atomic E-state index is 11.0. The van der Waals surface area contributed by atoms with Gasteiger partial charge in [-0.3, -0.25) is 10.1 Å². The van der Waals surface area contributed by atoms with E-state index in [0.717, 1.165) is 16.6 Å². The molecular weight excluding hydrogens is 256 g/mol. The molecule has 3 aromatic rings. The summed E-state index contributed by atoms with van der Waals surface area (Å²) < 4.78 is 1.62. The lowest BCUT2D eigenvalue weighted by Crippen LogP contribution is -2.21.